The van der Waals surface area contributed by atoms with Crippen LogP contribution >= 0.6 is 0 Å². The molecular formula is C4H8LiNO2. The topological polar surface area (TPSA) is 63.3 Å². The Hall–Kier alpha value is 0.187. The molecule has 3 nitrogen and oxygen atoms in total. The maximum absolute atomic E-state index is 10.3. The average molecular weight is 109 g/mol. The van der Waals surface area contributed by atoms with E-state index in [1.54, 1.807) is 0 Å². The number of rotatable bonds is 2. The van der Waals surface area contributed by atoms with E-state index in [1.165, 1.54) is 24.6 Å². The number of carbonyl (C=O) groups is 1. The molecule has 0 aromatic carbocycles. The van der Waals surface area contributed by atoms with E-state index in [0.717, 1.165) is 0 Å². The van der Waals surface area contributed by atoms with Gasteiger partial charge in [-0.2, -0.15) is 0 Å². The van der Waals surface area contributed by atoms with Gasteiger partial charge in [-0.3, -0.25) is 0 Å². The molecular weight excluding hydrogens is 101 g/mol. The van der Waals surface area contributed by atoms with Gasteiger partial charge in [-0.15, -0.1) is 0 Å². The third-order valence-corrected chi connectivity index (χ3v) is 0.989. The Bertz CT molecular complexity index is 94.0. The van der Waals surface area contributed by atoms with Gasteiger partial charge in [0, 0.05) is 0 Å². The second-order valence-electron chi connectivity index (χ2n) is 1.88. The molecule has 0 heterocycles. The average Bonchev–Trinajstić information content (AvgIpc) is 1.64. The molecule has 3 N–H and O–H groups in total. The maximum atomic E-state index is 10.3. The third-order valence-electron chi connectivity index (χ3n) is 0.989. The summed E-state index contributed by atoms with van der Waals surface area (Å²) < 4.78 is -0.181. The summed E-state index contributed by atoms with van der Waals surface area (Å²) in [5, 5.41) is 8.65. The molecule has 8 heavy (non-hydrogen) atoms. The van der Waals surface area contributed by atoms with E-state index in [4.69, 9.17) is 10.8 Å². The van der Waals surface area contributed by atoms with Gasteiger partial charge >= 0.3 is 56.9 Å². The standard InChI is InChI=1S/C4H8NO2.Li/c1-3(7)4(5)2-6;/h3-4,7H,5H2,1H3;/t3-,4-;/m1./s1. The monoisotopic (exact) mass is 109 g/mol. The van der Waals surface area contributed by atoms with Crippen LogP contribution in [0.4, 0.5) is 0 Å². The molecule has 0 aliphatic heterocycles. The van der Waals surface area contributed by atoms with Gasteiger partial charge in [0.25, 0.3) is 0 Å². The zero-order valence-electron chi connectivity index (χ0n) is 5.09. The van der Waals surface area contributed by atoms with E-state index in [-0.39, 0.29) is 4.46 Å². The molecule has 0 aliphatic rings. The van der Waals surface area contributed by atoms with Crippen molar-refractivity contribution < 1.29 is 9.90 Å². The molecule has 0 aromatic rings. The zero-order valence-corrected chi connectivity index (χ0v) is 5.09. The van der Waals surface area contributed by atoms with Crippen molar-refractivity contribution in [1.82, 2.24) is 0 Å². The van der Waals surface area contributed by atoms with Crippen LogP contribution in [-0.4, -0.2) is 39.4 Å². The summed E-state index contributed by atoms with van der Waals surface area (Å²) in [5.74, 6) is 0. The van der Waals surface area contributed by atoms with Crippen molar-refractivity contribution >= 4 is 22.2 Å². The molecule has 0 saturated heterocycles. The predicted molar refractivity (Wildman–Crippen MR) is 30.4 cm³/mol. The van der Waals surface area contributed by atoms with Gasteiger partial charge in [0.2, 0.25) is 0 Å². The molecule has 0 radical (unpaired) electrons. The van der Waals surface area contributed by atoms with Crippen LogP contribution in [0.25, 0.3) is 0 Å². The van der Waals surface area contributed by atoms with Gasteiger partial charge in [0.15, 0.2) is 0 Å². The van der Waals surface area contributed by atoms with Gasteiger partial charge in [0.1, 0.15) is 0 Å². The summed E-state index contributed by atoms with van der Waals surface area (Å²) in [7, 11) is 0. The van der Waals surface area contributed by atoms with Gasteiger partial charge in [-0.25, -0.2) is 0 Å². The second kappa shape index (κ2) is 3.26. The molecule has 0 aliphatic carbocycles. The van der Waals surface area contributed by atoms with Crippen molar-refractivity contribution in [1.29, 1.82) is 0 Å². The first-order valence-electron chi connectivity index (χ1n) is 2.50. The Balaban J connectivity index is 3.64. The quantitative estimate of drug-likeness (QED) is 0.419. The van der Waals surface area contributed by atoms with Crippen molar-refractivity contribution in [2.45, 2.75) is 19.1 Å². The Labute approximate surface area is 57.5 Å². The normalized spacial score (nSPS) is 17.6. The van der Waals surface area contributed by atoms with Crippen molar-refractivity contribution in [3.8, 4) is 0 Å². The van der Waals surface area contributed by atoms with Gasteiger partial charge in [0.05, 0.1) is 0 Å². The van der Waals surface area contributed by atoms with Crippen molar-refractivity contribution in [2.75, 3.05) is 0 Å². The van der Waals surface area contributed by atoms with Gasteiger partial charge in [-0.05, 0) is 0 Å². The SMILES string of the molecule is [Li][C](=O)[C@@H](N)[C@@H](C)O. The number of carbonyl (C=O) groups excluding carboxylic acids is 1. The summed E-state index contributed by atoms with van der Waals surface area (Å²) in [6.45, 7) is 1.49. The Morgan fingerprint density at radius 1 is 1.88 bits per heavy atom. The third kappa shape index (κ3) is 2.48. The van der Waals surface area contributed by atoms with Crippen LogP contribution < -0.4 is 5.73 Å². The van der Waals surface area contributed by atoms with E-state index in [0.29, 0.717) is 0 Å². The first-order valence-corrected chi connectivity index (χ1v) is 2.50. The molecule has 0 unspecified atom stereocenters. The summed E-state index contributed by atoms with van der Waals surface area (Å²) in [4.78, 5) is 10.3. The summed E-state index contributed by atoms with van der Waals surface area (Å²) in [6.07, 6.45) is -0.729. The fourth-order valence-electron chi connectivity index (χ4n) is 0.340. The minimum atomic E-state index is -0.729. The van der Waals surface area contributed by atoms with E-state index in [1.807, 2.05) is 0 Å². The number of aliphatic hydroxyl groups excluding tert-OH is 1. The van der Waals surface area contributed by atoms with E-state index < -0.39 is 12.1 Å². The summed E-state index contributed by atoms with van der Waals surface area (Å²) >= 11 is 1.36. The fraction of sp³-hybridized carbons (Fsp3) is 0.750. The van der Waals surface area contributed by atoms with Crippen LogP contribution in [0, 0.1) is 0 Å². The van der Waals surface area contributed by atoms with Gasteiger partial charge in [-0.1, -0.05) is 0 Å². The van der Waals surface area contributed by atoms with Gasteiger partial charge < -0.3 is 0 Å². The first-order chi connectivity index (χ1) is 3.55. The van der Waals surface area contributed by atoms with Crippen LogP contribution in [0.3, 0.4) is 0 Å². The molecule has 0 amide bonds. The molecule has 0 rings (SSSR count). The van der Waals surface area contributed by atoms with Crippen LogP contribution in [0.1, 0.15) is 6.92 Å². The molecule has 42 valence electrons. The van der Waals surface area contributed by atoms with Crippen LogP contribution in [-0.2, 0) is 4.79 Å². The van der Waals surface area contributed by atoms with Crippen molar-refractivity contribution in [3.63, 3.8) is 0 Å². The zero-order chi connectivity index (χ0) is 6.73. The minimum absolute atomic E-state index is 0.181. The molecule has 0 spiro atoms. The van der Waals surface area contributed by atoms with Crippen molar-refractivity contribution in [2.24, 2.45) is 5.73 Å². The summed E-state index contributed by atoms with van der Waals surface area (Å²) in [6, 6.07) is -0.713. The predicted octanol–water partition coefficient (Wildman–Crippen LogP) is -1.61. The van der Waals surface area contributed by atoms with Crippen molar-refractivity contribution in [3.05, 3.63) is 0 Å². The number of aliphatic hydroxyl groups is 1. The number of nitrogens with two attached hydrogens (primary N) is 1. The molecule has 0 fully saturated rings. The van der Waals surface area contributed by atoms with E-state index >= 15 is 0 Å². The molecule has 0 bridgehead atoms. The Kier molecular flexibility index (Phi) is 3.34. The van der Waals surface area contributed by atoms with E-state index in [2.05, 4.69) is 0 Å². The Morgan fingerprint density at radius 2 is 2.25 bits per heavy atom. The van der Waals surface area contributed by atoms with E-state index in [9.17, 15) is 4.79 Å². The number of hydrogen-bond donors (Lipinski definition) is 2. The van der Waals surface area contributed by atoms with Crippen LogP contribution in [0.2, 0.25) is 0 Å². The number of hydrogen-bond acceptors (Lipinski definition) is 3. The second-order valence-corrected chi connectivity index (χ2v) is 1.88. The first kappa shape index (κ1) is 8.19. The Morgan fingerprint density at radius 3 is 2.25 bits per heavy atom. The van der Waals surface area contributed by atoms with Crippen LogP contribution in [0.5, 0.6) is 0 Å². The molecule has 0 aromatic heterocycles. The molecule has 4 heteroatoms. The molecule has 2 atom stereocenters. The summed E-state index contributed by atoms with van der Waals surface area (Å²) in [5.41, 5.74) is 5.16. The fourth-order valence-corrected chi connectivity index (χ4v) is 0.340. The molecule has 0 saturated carbocycles. The van der Waals surface area contributed by atoms with Crippen LogP contribution in [0.15, 0.2) is 0 Å².